The van der Waals surface area contributed by atoms with Gasteiger partial charge in [0, 0.05) is 13.6 Å². The van der Waals surface area contributed by atoms with Crippen molar-refractivity contribution in [2.75, 3.05) is 26.8 Å². The van der Waals surface area contributed by atoms with Gasteiger partial charge in [-0.2, -0.15) is 0 Å². The molecule has 0 radical (unpaired) electrons. The molecule has 3 rings (SSSR count). The third-order valence-corrected chi connectivity index (χ3v) is 4.65. The quantitative estimate of drug-likeness (QED) is 0.298. The number of benzene rings is 2. The molecule has 140 valence electrons. The van der Waals surface area contributed by atoms with Crippen LogP contribution in [0.4, 0.5) is 0 Å². The van der Waals surface area contributed by atoms with E-state index in [-0.39, 0.29) is 30.0 Å². The molecular formula is C21H28IN3O. The first kappa shape index (κ1) is 20.7. The van der Waals surface area contributed by atoms with Gasteiger partial charge in [-0.25, -0.2) is 0 Å². The normalized spacial score (nSPS) is 15.8. The van der Waals surface area contributed by atoms with Gasteiger partial charge in [0.1, 0.15) is 0 Å². The summed E-state index contributed by atoms with van der Waals surface area (Å²) in [4.78, 5) is 4.35. The fourth-order valence-electron chi connectivity index (χ4n) is 3.09. The minimum Gasteiger partial charge on any atom is -0.377 e. The van der Waals surface area contributed by atoms with Crippen molar-refractivity contribution in [3.63, 3.8) is 0 Å². The van der Waals surface area contributed by atoms with E-state index >= 15 is 0 Å². The first-order valence-corrected chi connectivity index (χ1v) is 8.98. The molecule has 4 nitrogen and oxygen atoms in total. The number of fused-ring (bicyclic) bond motifs is 1. The van der Waals surface area contributed by atoms with Crippen LogP contribution in [0, 0.1) is 0 Å². The Morgan fingerprint density at radius 3 is 2.73 bits per heavy atom. The van der Waals surface area contributed by atoms with Gasteiger partial charge in [-0.15, -0.1) is 24.0 Å². The Balaban J connectivity index is 0.00000243. The second kappa shape index (κ2) is 10.5. The Bertz CT molecular complexity index is 773. The molecule has 0 aromatic heterocycles. The Labute approximate surface area is 173 Å². The summed E-state index contributed by atoms with van der Waals surface area (Å²) in [5.41, 5.74) is 2.73. The van der Waals surface area contributed by atoms with Crippen molar-refractivity contribution in [1.82, 2.24) is 10.6 Å². The summed E-state index contributed by atoms with van der Waals surface area (Å²) in [5, 5.41) is 9.43. The summed E-state index contributed by atoms with van der Waals surface area (Å²) >= 11 is 0. The molecule has 0 bridgehead atoms. The number of aliphatic imine (C=N–C) groups is 1. The fourth-order valence-corrected chi connectivity index (χ4v) is 3.09. The van der Waals surface area contributed by atoms with Crippen molar-refractivity contribution in [1.29, 1.82) is 0 Å². The van der Waals surface area contributed by atoms with E-state index in [0.717, 1.165) is 38.6 Å². The Morgan fingerprint density at radius 1 is 1.19 bits per heavy atom. The lowest BCUT2D eigenvalue weighted by atomic mass is 10.0. The number of ether oxygens (including phenoxy) is 1. The topological polar surface area (TPSA) is 45.7 Å². The average Bonchev–Trinajstić information content (AvgIpc) is 2.67. The van der Waals surface area contributed by atoms with Crippen molar-refractivity contribution < 1.29 is 4.74 Å². The van der Waals surface area contributed by atoms with Gasteiger partial charge >= 0.3 is 0 Å². The fraction of sp³-hybridized carbons (Fsp3) is 0.381. The van der Waals surface area contributed by atoms with E-state index in [1.807, 2.05) is 7.05 Å². The van der Waals surface area contributed by atoms with Crippen LogP contribution in [-0.2, 0) is 4.74 Å². The highest BCUT2D eigenvalue weighted by Crippen LogP contribution is 2.20. The highest BCUT2D eigenvalue weighted by Gasteiger charge is 2.09. The SMILES string of the molecule is CN=C(NCCC1=CCOCC1)NC(C)c1ccc2ccccc2c1.I. The van der Waals surface area contributed by atoms with Crippen molar-refractivity contribution in [3.8, 4) is 0 Å². The summed E-state index contributed by atoms with van der Waals surface area (Å²) in [6.45, 7) is 4.65. The maximum absolute atomic E-state index is 5.35. The summed E-state index contributed by atoms with van der Waals surface area (Å²) in [5.74, 6) is 0.841. The number of hydrogen-bond acceptors (Lipinski definition) is 2. The molecule has 2 N–H and O–H groups in total. The van der Waals surface area contributed by atoms with Crippen LogP contribution in [0.5, 0.6) is 0 Å². The Hall–Kier alpha value is -1.60. The second-order valence-corrected chi connectivity index (χ2v) is 6.41. The molecule has 1 unspecified atom stereocenters. The minimum atomic E-state index is 0. The van der Waals surface area contributed by atoms with Crippen LogP contribution in [0.1, 0.15) is 31.4 Å². The molecule has 0 amide bonds. The monoisotopic (exact) mass is 465 g/mol. The smallest absolute Gasteiger partial charge is 0.191 e. The van der Waals surface area contributed by atoms with Gasteiger partial charge < -0.3 is 15.4 Å². The largest absolute Gasteiger partial charge is 0.377 e. The van der Waals surface area contributed by atoms with E-state index in [1.54, 1.807) is 0 Å². The van der Waals surface area contributed by atoms with Crippen molar-refractivity contribution in [2.45, 2.75) is 25.8 Å². The molecule has 0 fully saturated rings. The first-order valence-electron chi connectivity index (χ1n) is 8.98. The molecule has 0 aliphatic carbocycles. The number of rotatable bonds is 5. The van der Waals surface area contributed by atoms with Crippen molar-refractivity contribution in [3.05, 3.63) is 59.7 Å². The van der Waals surface area contributed by atoms with Gasteiger partial charge in [-0.05, 0) is 42.2 Å². The number of nitrogens with one attached hydrogen (secondary N) is 2. The molecule has 0 saturated carbocycles. The molecule has 26 heavy (non-hydrogen) atoms. The van der Waals surface area contributed by atoms with Crippen LogP contribution in [0.15, 0.2) is 59.1 Å². The van der Waals surface area contributed by atoms with Crippen LogP contribution in [0.3, 0.4) is 0 Å². The maximum Gasteiger partial charge on any atom is 0.191 e. The molecule has 1 heterocycles. The van der Waals surface area contributed by atoms with Gasteiger partial charge in [0.25, 0.3) is 0 Å². The number of guanidine groups is 1. The summed E-state index contributed by atoms with van der Waals surface area (Å²) < 4.78 is 5.35. The summed E-state index contributed by atoms with van der Waals surface area (Å²) in [7, 11) is 1.82. The van der Waals surface area contributed by atoms with Crippen LogP contribution in [0.25, 0.3) is 10.8 Å². The van der Waals surface area contributed by atoms with E-state index < -0.39 is 0 Å². The highest BCUT2D eigenvalue weighted by atomic mass is 127. The molecular weight excluding hydrogens is 437 g/mol. The second-order valence-electron chi connectivity index (χ2n) is 6.41. The molecule has 5 heteroatoms. The van der Waals surface area contributed by atoms with Crippen LogP contribution < -0.4 is 10.6 Å². The number of halogens is 1. The zero-order valence-electron chi connectivity index (χ0n) is 15.5. The minimum absolute atomic E-state index is 0. The average molecular weight is 465 g/mol. The molecule has 2 aromatic rings. The van der Waals surface area contributed by atoms with E-state index in [9.17, 15) is 0 Å². The van der Waals surface area contributed by atoms with E-state index in [1.165, 1.54) is 21.9 Å². The van der Waals surface area contributed by atoms with Crippen molar-refractivity contribution in [2.24, 2.45) is 4.99 Å². The van der Waals surface area contributed by atoms with Crippen LogP contribution >= 0.6 is 24.0 Å². The summed E-state index contributed by atoms with van der Waals surface area (Å²) in [6, 6.07) is 15.2. The van der Waals surface area contributed by atoms with Crippen LogP contribution in [-0.4, -0.2) is 32.8 Å². The van der Waals surface area contributed by atoms with E-state index in [0.29, 0.717) is 0 Å². The first-order chi connectivity index (χ1) is 12.3. The van der Waals surface area contributed by atoms with E-state index in [4.69, 9.17) is 4.74 Å². The predicted molar refractivity (Wildman–Crippen MR) is 120 cm³/mol. The highest BCUT2D eigenvalue weighted by molar-refractivity contribution is 14.0. The maximum atomic E-state index is 5.35. The lowest BCUT2D eigenvalue weighted by molar-refractivity contribution is 0.153. The standard InChI is InChI=1S/C21H27N3O.HI/c1-16(19-8-7-18-5-3-4-6-20(18)15-19)24-21(22-2)23-12-9-17-10-13-25-14-11-17;/h3-8,10,15-16H,9,11-14H2,1-2H3,(H2,22,23,24);1H. The van der Waals surface area contributed by atoms with E-state index in [2.05, 4.69) is 71.1 Å². The number of nitrogens with zero attached hydrogens (tertiary/aromatic N) is 1. The number of hydrogen-bond donors (Lipinski definition) is 2. The van der Waals surface area contributed by atoms with Crippen molar-refractivity contribution >= 4 is 40.7 Å². The van der Waals surface area contributed by atoms with Gasteiger partial charge in [-0.1, -0.05) is 48.0 Å². The lowest BCUT2D eigenvalue weighted by Gasteiger charge is -2.19. The van der Waals surface area contributed by atoms with Crippen LogP contribution in [0.2, 0.25) is 0 Å². The molecule has 1 aliphatic rings. The third kappa shape index (κ3) is 5.71. The molecule has 1 aliphatic heterocycles. The molecule has 0 spiro atoms. The zero-order chi connectivity index (χ0) is 17.5. The Kier molecular flexibility index (Phi) is 8.38. The summed E-state index contributed by atoms with van der Waals surface area (Å²) in [6.07, 6.45) is 4.27. The van der Waals surface area contributed by atoms with Gasteiger partial charge in [0.2, 0.25) is 0 Å². The zero-order valence-corrected chi connectivity index (χ0v) is 17.8. The molecule has 0 saturated heterocycles. The molecule has 1 atom stereocenters. The van der Waals surface area contributed by atoms with Gasteiger partial charge in [0.05, 0.1) is 19.3 Å². The third-order valence-electron chi connectivity index (χ3n) is 4.65. The Morgan fingerprint density at radius 2 is 2.00 bits per heavy atom. The predicted octanol–water partition coefficient (Wildman–Crippen LogP) is 4.42. The lowest BCUT2D eigenvalue weighted by Crippen LogP contribution is -2.39. The molecule has 2 aromatic carbocycles. The van der Waals surface area contributed by atoms with Gasteiger partial charge in [0.15, 0.2) is 5.96 Å². The van der Waals surface area contributed by atoms with Gasteiger partial charge in [-0.3, -0.25) is 4.99 Å².